The minimum Gasteiger partial charge on any atom is -0.465 e. The molecule has 1 aliphatic rings. The third kappa shape index (κ3) is 4.22. The number of aryl methyl sites for hydroxylation is 2. The molecule has 3 rings (SSSR count). The molecule has 1 saturated heterocycles. The molecule has 0 saturated carbocycles. The first kappa shape index (κ1) is 18.0. The Labute approximate surface area is 157 Å². The van der Waals surface area contributed by atoms with Crippen LogP contribution in [0.5, 0.6) is 0 Å². The zero-order valence-electron chi connectivity index (χ0n) is 14.7. The highest BCUT2D eigenvalue weighted by Crippen LogP contribution is 2.28. The number of hydrogen-bond acceptors (Lipinski definition) is 3. The SMILES string of the molecule is Cc1oc(C)c(C(=O)N2CCN(CC=Cc3ccccc3)CC2)c1Br. The van der Waals surface area contributed by atoms with E-state index in [1.165, 1.54) is 5.56 Å². The third-order valence-corrected chi connectivity index (χ3v) is 5.49. The summed E-state index contributed by atoms with van der Waals surface area (Å²) < 4.78 is 6.34. The molecule has 4 nitrogen and oxygen atoms in total. The number of piperazine rings is 1. The lowest BCUT2D eigenvalue weighted by molar-refractivity contribution is 0.0648. The van der Waals surface area contributed by atoms with Crippen LogP contribution in [-0.4, -0.2) is 48.4 Å². The summed E-state index contributed by atoms with van der Waals surface area (Å²) in [6.45, 7) is 7.88. The fraction of sp³-hybridized carbons (Fsp3) is 0.350. The topological polar surface area (TPSA) is 36.7 Å². The molecule has 1 fully saturated rings. The van der Waals surface area contributed by atoms with Gasteiger partial charge in [-0.05, 0) is 35.3 Å². The molecule has 1 aliphatic heterocycles. The van der Waals surface area contributed by atoms with Crippen molar-refractivity contribution in [3.8, 4) is 0 Å². The smallest absolute Gasteiger partial charge is 0.258 e. The first-order chi connectivity index (χ1) is 12.1. The number of furan rings is 1. The first-order valence-electron chi connectivity index (χ1n) is 8.55. The average Bonchev–Trinajstić information content (AvgIpc) is 2.88. The maximum absolute atomic E-state index is 12.8. The van der Waals surface area contributed by atoms with Crippen molar-refractivity contribution in [3.63, 3.8) is 0 Å². The van der Waals surface area contributed by atoms with E-state index in [4.69, 9.17) is 4.42 Å². The number of carbonyl (C=O) groups is 1. The van der Waals surface area contributed by atoms with Crippen LogP contribution in [0, 0.1) is 13.8 Å². The van der Waals surface area contributed by atoms with Crippen molar-refractivity contribution in [2.75, 3.05) is 32.7 Å². The molecular formula is C20H23BrN2O2. The molecule has 132 valence electrons. The van der Waals surface area contributed by atoms with Crippen molar-refractivity contribution < 1.29 is 9.21 Å². The van der Waals surface area contributed by atoms with Crippen LogP contribution in [0.25, 0.3) is 6.08 Å². The van der Waals surface area contributed by atoms with Crippen LogP contribution in [-0.2, 0) is 0 Å². The van der Waals surface area contributed by atoms with Crippen molar-refractivity contribution in [1.82, 2.24) is 9.80 Å². The Kier molecular flexibility index (Phi) is 5.76. The Morgan fingerprint density at radius 3 is 2.40 bits per heavy atom. The average molecular weight is 403 g/mol. The van der Waals surface area contributed by atoms with Crippen LogP contribution in [0.3, 0.4) is 0 Å². The van der Waals surface area contributed by atoms with E-state index < -0.39 is 0 Å². The molecule has 0 spiro atoms. The van der Waals surface area contributed by atoms with Gasteiger partial charge in [0.2, 0.25) is 0 Å². The Hall–Kier alpha value is -1.85. The van der Waals surface area contributed by atoms with E-state index in [1.807, 2.05) is 36.9 Å². The van der Waals surface area contributed by atoms with E-state index in [-0.39, 0.29) is 5.91 Å². The van der Waals surface area contributed by atoms with Gasteiger partial charge in [0, 0.05) is 32.7 Å². The van der Waals surface area contributed by atoms with E-state index in [2.05, 4.69) is 45.1 Å². The number of hydrogen-bond donors (Lipinski definition) is 0. The van der Waals surface area contributed by atoms with Crippen molar-refractivity contribution in [1.29, 1.82) is 0 Å². The molecular weight excluding hydrogens is 380 g/mol. The van der Waals surface area contributed by atoms with Crippen molar-refractivity contribution in [2.24, 2.45) is 0 Å². The van der Waals surface area contributed by atoms with E-state index in [9.17, 15) is 4.79 Å². The Morgan fingerprint density at radius 2 is 1.80 bits per heavy atom. The lowest BCUT2D eigenvalue weighted by atomic mass is 10.2. The molecule has 1 aromatic heterocycles. The largest absolute Gasteiger partial charge is 0.465 e. The van der Waals surface area contributed by atoms with E-state index >= 15 is 0 Å². The van der Waals surface area contributed by atoms with E-state index in [1.54, 1.807) is 0 Å². The highest BCUT2D eigenvalue weighted by molar-refractivity contribution is 9.10. The fourth-order valence-corrected chi connectivity index (χ4v) is 3.62. The number of benzene rings is 1. The Bertz CT molecular complexity index is 760. The maximum atomic E-state index is 12.8. The monoisotopic (exact) mass is 402 g/mol. The van der Waals surface area contributed by atoms with Gasteiger partial charge >= 0.3 is 0 Å². The zero-order chi connectivity index (χ0) is 17.8. The quantitative estimate of drug-likeness (QED) is 0.771. The highest BCUT2D eigenvalue weighted by Gasteiger charge is 2.27. The van der Waals surface area contributed by atoms with Crippen LogP contribution in [0.15, 0.2) is 45.3 Å². The molecule has 1 amide bonds. The van der Waals surface area contributed by atoms with Gasteiger partial charge in [-0.3, -0.25) is 9.69 Å². The van der Waals surface area contributed by atoms with Crippen LogP contribution in [0.4, 0.5) is 0 Å². The summed E-state index contributed by atoms with van der Waals surface area (Å²) in [7, 11) is 0. The number of rotatable bonds is 4. The number of amides is 1. The summed E-state index contributed by atoms with van der Waals surface area (Å²) in [6, 6.07) is 10.3. The van der Waals surface area contributed by atoms with Gasteiger partial charge in [-0.25, -0.2) is 0 Å². The predicted molar refractivity (Wildman–Crippen MR) is 104 cm³/mol. The molecule has 2 heterocycles. The highest BCUT2D eigenvalue weighted by atomic mass is 79.9. The van der Waals surface area contributed by atoms with Gasteiger partial charge in [0.05, 0.1) is 10.0 Å². The summed E-state index contributed by atoms with van der Waals surface area (Å²) in [5, 5.41) is 0. The van der Waals surface area contributed by atoms with Crippen molar-refractivity contribution >= 4 is 27.9 Å². The number of halogens is 1. The standard InChI is InChI=1S/C20H23BrN2O2/c1-15-18(19(21)16(2)25-15)20(24)23-13-11-22(12-14-23)10-6-9-17-7-4-3-5-8-17/h3-9H,10-14H2,1-2H3. The molecule has 0 radical (unpaired) electrons. The van der Waals surface area contributed by atoms with Gasteiger partial charge in [-0.15, -0.1) is 0 Å². The summed E-state index contributed by atoms with van der Waals surface area (Å²) in [5.41, 5.74) is 1.88. The summed E-state index contributed by atoms with van der Waals surface area (Å²) in [4.78, 5) is 17.0. The van der Waals surface area contributed by atoms with Crippen LogP contribution in [0.1, 0.15) is 27.4 Å². The van der Waals surface area contributed by atoms with Gasteiger partial charge in [-0.2, -0.15) is 0 Å². The van der Waals surface area contributed by atoms with Crippen molar-refractivity contribution in [3.05, 3.63) is 63.5 Å². The third-order valence-electron chi connectivity index (χ3n) is 4.53. The van der Waals surface area contributed by atoms with Crippen LogP contribution >= 0.6 is 15.9 Å². The minimum absolute atomic E-state index is 0.0562. The normalized spacial score (nSPS) is 15.9. The lowest BCUT2D eigenvalue weighted by Gasteiger charge is -2.34. The zero-order valence-corrected chi connectivity index (χ0v) is 16.3. The minimum atomic E-state index is 0.0562. The van der Waals surface area contributed by atoms with E-state index in [0.717, 1.165) is 43.0 Å². The molecule has 0 aliphatic carbocycles. The summed E-state index contributed by atoms with van der Waals surface area (Å²) >= 11 is 3.48. The molecule has 0 atom stereocenters. The molecule has 5 heteroatoms. The summed E-state index contributed by atoms with van der Waals surface area (Å²) in [6.07, 6.45) is 4.33. The van der Waals surface area contributed by atoms with Gasteiger partial charge in [-0.1, -0.05) is 42.5 Å². The van der Waals surface area contributed by atoms with Gasteiger partial charge in [0.1, 0.15) is 11.5 Å². The molecule has 0 bridgehead atoms. The molecule has 25 heavy (non-hydrogen) atoms. The van der Waals surface area contributed by atoms with Gasteiger partial charge in [0.25, 0.3) is 5.91 Å². The predicted octanol–water partition coefficient (Wildman–Crippen LogP) is 4.13. The molecule has 1 aromatic carbocycles. The molecule has 2 aromatic rings. The summed E-state index contributed by atoms with van der Waals surface area (Å²) in [5.74, 6) is 1.49. The van der Waals surface area contributed by atoms with Crippen LogP contribution < -0.4 is 0 Å². The fourth-order valence-electron chi connectivity index (χ4n) is 3.09. The Morgan fingerprint density at radius 1 is 1.12 bits per heavy atom. The number of carbonyl (C=O) groups excluding carboxylic acids is 1. The second-order valence-corrected chi connectivity index (χ2v) is 7.10. The lowest BCUT2D eigenvalue weighted by Crippen LogP contribution is -2.48. The Balaban J connectivity index is 1.53. The molecule has 0 N–H and O–H groups in total. The maximum Gasteiger partial charge on any atom is 0.258 e. The second kappa shape index (κ2) is 8.02. The molecule has 0 unspecified atom stereocenters. The second-order valence-electron chi connectivity index (χ2n) is 6.31. The van der Waals surface area contributed by atoms with Gasteiger partial charge < -0.3 is 9.32 Å². The number of nitrogens with zero attached hydrogens (tertiary/aromatic N) is 2. The van der Waals surface area contributed by atoms with Crippen LogP contribution in [0.2, 0.25) is 0 Å². The van der Waals surface area contributed by atoms with Crippen molar-refractivity contribution in [2.45, 2.75) is 13.8 Å². The van der Waals surface area contributed by atoms with Gasteiger partial charge in [0.15, 0.2) is 0 Å². The van der Waals surface area contributed by atoms with E-state index in [0.29, 0.717) is 11.3 Å². The first-order valence-corrected chi connectivity index (χ1v) is 9.34.